The zero-order chi connectivity index (χ0) is 14.4. The van der Waals surface area contributed by atoms with Crippen LogP contribution in [0.15, 0.2) is 45.6 Å². The zero-order valence-electron chi connectivity index (χ0n) is 11.6. The van der Waals surface area contributed by atoms with E-state index in [9.17, 15) is 0 Å². The molecule has 0 N–H and O–H groups in total. The molecule has 0 aliphatic rings. The van der Waals surface area contributed by atoms with Gasteiger partial charge in [-0.05, 0) is 38.1 Å². The molecule has 0 atom stereocenters. The van der Waals surface area contributed by atoms with Crippen molar-refractivity contribution >= 4 is 22.4 Å². The van der Waals surface area contributed by atoms with Gasteiger partial charge in [-0.25, -0.2) is 9.97 Å². The molecular formula is C16H12N2O2S. The molecular weight excluding hydrogens is 284 g/mol. The van der Waals surface area contributed by atoms with Crippen LogP contribution < -0.4 is 0 Å². The highest BCUT2D eigenvalue weighted by atomic mass is 32.1. The molecule has 0 aliphatic heterocycles. The van der Waals surface area contributed by atoms with Gasteiger partial charge in [-0.2, -0.15) is 0 Å². The molecule has 0 saturated heterocycles. The molecule has 0 saturated carbocycles. The summed E-state index contributed by atoms with van der Waals surface area (Å²) in [6.07, 6.45) is 3.28. The topological polar surface area (TPSA) is 52.1 Å². The van der Waals surface area contributed by atoms with Gasteiger partial charge in [0.15, 0.2) is 11.5 Å². The Bertz CT molecular complexity index is 831. The van der Waals surface area contributed by atoms with Crippen LogP contribution in [0.5, 0.6) is 0 Å². The van der Waals surface area contributed by atoms with E-state index in [1.807, 2.05) is 24.3 Å². The van der Waals surface area contributed by atoms with Gasteiger partial charge in [-0.3, -0.25) is 0 Å². The summed E-state index contributed by atoms with van der Waals surface area (Å²) in [5, 5.41) is 0. The predicted octanol–water partition coefficient (Wildman–Crippen LogP) is 4.83. The van der Waals surface area contributed by atoms with E-state index >= 15 is 0 Å². The number of fused-ring (bicyclic) bond motifs is 1. The maximum absolute atomic E-state index is 5.51. The summed E-state index contributed by atoms with van der Waals surface area (Å²) in [4.78, 5) is 11.9. The Kier molecular flexibility index (Phi) is 2.68. The summed E-state index contributed by atoms with van der Waals surface area (Å²) in [6.45, 7) is 4.13. The second-order valence-corrected chi connectivity index (χ2v) is 6.22. The van der Waals surface area contributed by atoms with E-state index in [4.69, 9.17) is 18.8 Å². The fourth-order valence-electron chi connectivity index (χ4n) is 2.42. The highest BCUT2D eigenvalue weighted by Crippen LogP contribution is 2.35. The summed E-state index contributed by atoms with van der Waals surface area (Å²) in [5.41, 5.74) is 3.28. The van der Waals surface area contributed by atoms with E-state index in [-0.39, 0.29) is 0 Å². The minimum atomic E-state index is 0.694. The van der Waals surface area contributed by atoms with E-state index in [1.165, 1.54) is 0 Å². The van der Waals surface area contributed by atoms with Crippen molar-refractivity contribution in [3.63, 3.8) is 0 Å². The van der Waals surface area contributed by atoms with Gasteiger partial charge in [0.2, 0.25) is 0 Å². The Morgan fingerprint density at radius 1 is 0.810 bits per heavy atom. The molecule has 4 rings (SSSR count). The molecule has 0 aliphatic carbocycles. The van der Waals surface area contributed by atoms with Crippen molar-refractivity contribution < 1.29 is 8.83 Å². The summed E-state index contributed by atoms with van der Waals surface area (Å²) in [6, 6.07) is 7.46. The molecule has 0 aromatic carbocycles. The number of thiophene rings is 1. The summed E-state index contributed by atoms with van der Waals surface area (Å²) >= 11 is 1.71. The minimum absolute atomic E-state index is 0.694. The number of hydrogen-bond acceptors (Lipinski definition) is 5. The lowest BCUT2D eigenvalue weighted by Crippen LogP contribution is -1.93. The Morgan fingerprint density at radius 3 is 1.67 bits per heavy atom. The van der Waals surface area contributed by atoms with Crippen LogP contribution in [0.2, 0.25) is 0 Å². The van der Waals surface area contributed by atoms with E-state index in [0.29, 0.717) is 22.9 Å². The Balaban J connectivity index is 2.09. The van der Waals surface area contributed by atoms with Crippen molar-refractivity contribution in [2.75, 3.05) is 0 Å². The maximum atomic E-state index is 5.51. The van der Waals surface area contributed by atoms with E-state index < -0.39 is 0 Å². The number of hydrogen-bond donors (Lipinski definition) is 0. The first-order chi connectivity index (χ1) is 10.2. The third kappa shape index (κ3) is 1.89. The van der Waals surface area contributed by atoms with Crippen molar-refractivity contribution in [3.8, 4) is 22.9 Å². The van der Waals surface area contributed by atoms with Gasteiger partial charge in [0.1, 0.15) is 22.4 Å². The first kappa shape index (κ1) is 12.3. The Hall–Kier alpha value is -2.40. The van der Waals surface area contributed by atoms with Gasteiger partial charge >= 0.3 is 0 Å². The van der Waals surface area contributed by atoms with Crippen LogP contribution in [0.1, 0.15) is 9.75 Å². The highest BCUT2D eigenvalue weighted by Gasteiger charge is 2.19. The zero-order valence-corrected chi connectivity index (χ0v) is 12.4. The molecule has 104 valence electrons. The minimum Gasteiger partial charge on any atom is -0.463 e. The molecule has 0 unspecified atom stereocenters. The fraction of sp³-hybridized carbons (Fsp3) is 0.125. The first-order valence-electron chi connectivity index (χ1n) is 6.59. The quantitative estimate of drug-likeness (QED) is 0.531. The molecule has 4 nitrogen and oxygen atoms in total. The van der Waals surface area contributed by atoms with E-state index in [2.05, 4.69) is 13.8 Å². The molecule has 4 heterocycles. The van der Waals surface area contributed by atoms with Crippen molar-refractivity contribution in [1.82, 2.24) is 9.97 Å². The van der Waals surface area contributed by atoms with Crippen LogP contribution in [0.3, 0.4) is 0 Å². The largest absolute Gasteiger partial charge is 0.463 e. The van der Waals surface area contributed by atoms with Crippen LogP contribution in [-0.4, -0.2) is 9.97 Å². The van der Waals surface area contributed by atoms with Crippen molar-refractivity contribution in [2.45, 2.75) is 13.8 Å². The monoisotopic (exact) mass is 296 g/mol. The van der Waals surface area contributed by atoms with E-state index in [0.717, 1.165) is 20.8 Å². The molecule has 0 spiro atoms. The third-order valence-electron chi connectivity index (χ3n) is 3.38. The lowest BCUT2D eigenvalue weighted by molar-refractivity contribution is 0.572. The second kappa shape index (κ2) is 4.56. The standard InChI is InChI=1S/C16H12N2O2S/c1-9-13-14(10(2)21-9)18-16(12-6-4-8-20-12)15(17-13)11-5-3-7-19-11/h3-8H,1-2H3. The molecule has 0 amide bonds. The van der Waals surface area contributed by atoms with Crippen LogP contribution in [0, 0.1) is 13.8 Å². The molecule has 0 bridgehead atoms. The SMILES string of the molecule is Cc1sc(C)c2nc(-c3ccco3)c(-c3ccco3)nc12. The summed E-state index contributed by atoms with van der Waals surface area (Å²) < 4.78 is 11.0. The van der Waals surface area contributed by atoms with Crippen molar-refractivity contribution in [1.29, 1.82) is 0 Å². The van der Waals surface area contributed by atoms with Crippen molar-refractivity contribution in [2.24, 2.45) is 0 Å². The molecule has 0 radical (unpaired) electrons. The van der Waals surface area contributed by atoms with Gasteiger partial charge in [0.05, 0.1) is 12.5 Å². The van der Waals surface area contributed by atoms with Crippen LogP contribution in [-0.2, 0) is 0 Å². The van der Waals surface area contributed by atoms with Gasteiger partial charge < -0.3 is 8.83 Å². The summed E-state index contributed by atoms with van der Waals surface area (Å²) in [5.74, 6) is 1.39. The highest BCUT2D eigenvalue weighted by molar-refractivity contribution is 7.13. The van der Waals surface area contributed by atoms with Gasteiger partial charge in [-0.1, -0.05) is 0 Å². The Morgan fingerprint density at radius 2 is 1.29 bits per heavy atom. The van der Waals surface area contributed by atoms with Crippen LogP contribution >= 0.6 is 11.3 Å². The fourth-order valence-corrected chi connectivity index (χ4v) is 3.36. The Labute approximate surface area is 125 Å². The average molecular weight is 296 g/mol. The van der Waals surface area contributed by atoms with Crippen LogP contribution in [0.25, 0.3) is 33.9 Å². The first-order valence-corrected chi connectivity index (χ1v) is 7.41. The number of aromatic nitrogens is 2. The molecule has 5 heteroatoms. The molecule has 4 aromatic heterocycles. The lowest BCUT2D eigenvalue weighted by Gasteiger charge is -2.05. The predicted molar refractivity (Wildman–Crippen MR) is 82.3 cm³/mol. The molecule has 21 heavy (non-hydrogen) atoms. The van der Waals surface area contributed by atoms with Crippen LogP contribution in [0.4, 0.5) is 0 Å². The summed E-state index contributed by atoms with van der Waals surface area (Å²) in [7, 11) is 0. The average Bonchev–Trinajstić information content (AvgIpc) is 3.21. The maximum Gasteiger partial charge on any atom is 0.154 e. The van der Waals surface area contributed by atoms with E-state index in [1.54, 1.807) is 23.9 Å². The number of rotatable bonds is 2. The smallest absolute Gasteiger partial charge is 0.154 e. The third-order valence-corrected chi connectivity index (χ3v) is 4.38. The second-order valence-electron chi connectivity index (χ2n) is 4.79. The molecule has 4 aromatic rings. The van der Waals surface area contributed by atoms with Gasteiger partial charge in [0.25, 0.3) is 0 Å². The number of nitrogens with zero attached hydrogens (tertiary/aromatic N) is 2. The van der Waals surface area contributed by atoms with Gasteiger partial charge in [0, 0.05) is 9.75 Å². The number of furan rings is 2. The molecule has 0 fully saturated rings. The van der Waals surface area contributed by atoms with Gasteiger partial charge in [-0.15, -0.1) is 11.3 Å². The number of aryl methyl sites for hydroxylation is 2. The lowest BCUT2D eigenvalue weighted by atomic mass is 10.2. The normalized spacial score (nSPS) is 11.3. The van der Waals surface area contributed by atoms with Crippen molar-refractivity contribution in [3.05, 3.63) is 46.5 Å².